The number of quaternary nitrogens is 1. The van der Waals surface area contributed by atoms with Gasteiger partial charge in [-0.2, -0.15) is 0 Å². The van der Waals surface area contributed by atoms with Crippen LogP contribution in [-0.2, 0) is 27.9 Å². The summed E-state index contributed by atoms with van der Waals surface area (Å²) < 4.78 is 33.8. The van der Waals surface area contributed by atoms with Crippen LogP contribution >= 0.6 is 20.0 Å². The normalized spacial score (nSPS) is 14.6. The molecule has 0 saturated heterocycles. The molecule has 8 nitrogen and oxygen atoms in total. The lowest BCUT2D eigenvalue weighted by Gasteiger charge is -2.24. The van der Waals surface area contributed by atoms with Crippen molar-refractivity contribution in [1.29, 1.82) is 0 Å². The number of likely N-dealkylation sites (N-methyl/N-ethyl adjacent to an activating group) is 1. The van der Waals surface area contributed by atoms with Crippen LogP contribution in [0.2, 0.25) is 0 Å². The molecular formula is C21H43NO7PS+. The van der Waals surface area contributed by atoms with Gasteiger partial charge in [0.15, 0.2) is 11.2 Å². The molecule has 0 aliphatic heterocycles. The van der Waals surface area contributed by atoms with E-state index in [1.54, 1.807) is 0 Å². The fraction of sp³-hybridized carbons (Fsp3) is 0.905. The molecule has 0 aromatic heterocycles. The van der Waals surface area contributed by atoms with Crippen LogP contribution in [0.4, 0.5) is 0 Å². The molecule has 1 N–H and O–H groups in total. The molecule has 0 spiro atoms. The summed E-state index contributed by atoms with van der Waals surface area (Å²) in [7, 11) is 1.60. The Labute approximate surface area is 193 Å². The van der Waals surface area contributed by atoms with Crippen LogP contribution in [0, 0.1) is 0 Å². The van der Waals surface area contributed by atoms with Crippen LogP contribution in [-0.4, -0.2) is 74.0 Å². The molecule has 0 bridgehead atoms. The number of phosphoric acid groups is 1. The van der Waals surface area contributed by atoms with Crippen molar-refractivity contribution in [3.63, 3.8) is 0 Å². The summed E-state index contributed by atoms with van der Waals surface area (Å²) in [5.41, 5.74) is 0. The lowest BCUT2D eigenvalue weighted by molar-refractivity contribution is -0.870. The standard InChI is InChI=1S/C21H42NO7PS/c1-6-8-10-12-13-20(23)26-17-19(29-21(31)14-11-9-7-2)18-28-30(24,25)27-16-15-22(3,4)5/h19H,6-18H2,1-5H3/p+1/t19-/m1/s1. The predicted molar refractivity (Wildman–Crippen MR) is 126 cm³/mol. The zero-order valence-corrected chi connectivity index (χ0v) is 21.7. The number of ether oxygens (including phenoxy) is 2. The Morgan fingerprint density at radius 1 is 0.968 bits per heavy atom. The molecule has 1 unspecified atom stereocenters. The van der Waals surface area contributed by atoms with Gasteiger partial charge in [-0.15, -0.1) is 0 Å². The van der Waals surface area contributed by atoms with E-state index in [-0.39, 0.29) is 25.8 Å². The van der Waals surface area contributed by atoms with E-state index >= 15 is 0 Å². The largest absolute Gasteiger partial charge is 0.478 e. The van der Waals surface area contributed by atoms with E-state index < -0.39 is 13.9 Å². The maximum absolute atomic E-state index is 12.1. The highest BCUT2D eigenvalue weighted by Gasteiger charge is 2.26. The highest BCUT2D eigenvalue weighted by molar-refractivity contribution is 7.80. The molecular weight excluding hydrogens is 441 g/mol. The Morgan fingerprint density at radius 2 is 1.58 bits per heavy atom. The third-order valence-corrected chi connectivity index (χ3v) is 5.67. The van der Waals surface area contributed by atoms with Gasteiger partial charge < -0.3 is 18.9 Å². The van der Waals surface area contributed by atoms with Gasteiger partial charge in [-0.05, 0) is 25.1 Å². The second kappa shape index (κ2) is 17.0. The molecule has 0 radical (unpaired) electrons. The summed E-state index contributed by atoms with van der Waals surface area (Å²) >= 11 is 5.26. The summed E-state index contributed by atoms with van der Waals surface area (Å²) in [6.45, 7) is 4.46. The van der Waals surface area contributed by atoms with Crippen molar-refractivity contribution < 1.29 is 37.3 Å². The Bertz CT molecular complexity index is 554. The summed E-state index contributed by atoms with van der Waals surface area (Å²) in [6.07, 6.45) is 7.08. The number of carbonyl (C=O) groups is 1. The van der Waals surface area contributed by atoms with E-state index in [4.69, 9.17) is 30.7 Å². The van der Waals surface area contributed by atoms with E-state index in [0.717, 1.165) is 44.9 Å². The average Bonchev–Trinajstić information content (AvgIpc) is 2.66. The average molecular weight is 485 g/mol. The molecule has 0 aliphatic rings. The molecule has 0 aliphatic carbocycles. The number of hydrogen-bond donors (Lipinski definition) is 1. The first kappa shape index (κ1) is 30.4. The third-order valence-electron chi connectivity index (χ3n) is 4.39. The van der Waals surface area contributed by atoms with Crippen LogP contribution in [0.15, 0.2) is 0 Å². The number of hydrogen-bond acceptors (Lipinski definition) is 7. The monoisotopic (exact) mass is 484 g/mol. The minimum absolute atomic E-state index is 0.0744. The number of carbonyl (C=O) groups excluding carboxylic acids is 1. The first-order valence-electron chi connectivity index (χ1n) is 11.3. The summed E-state index contributed by atoms with van der Waals surface area (Å²) in [4.78, 5) is 21.9. The number of rotatable bonds is 19. The molecule has 0 heterocycles. The van der Waals surface area contributed by atoms with Crippen LogP contribution in [0.5, 0.6) is 0 Å². The van der Waals surface area contributed by atoms with Gasteiger partial charge in [0, 0.05) is 12.8 Å². The second-order valence-corrected chi connectivity index (χ2v) is 10.6. The van der Waals surface area contributed by atoms with Gasteiger partial charge in [0.05, 0.1) is 27.7 Å². The third kappa shape index (κ3) is 19.8. The first-order valence-corrected chi connectivity index (χ1v) is 13.2. The number of unbranched alkanes of at least 4 members (excludes halogenated alkanes) is 5. The van der Waals surface area contributed by atoms with E-state index in [1.807, 2.05) is 21.1 Å². The Morgan fingerprint density at radius 3 is 2.19 bits per heavy atom. The Hall–Kier alpha value is -0.570. The lowest BCUT2D eigenvalue weighted by atomic mass is 10.2. The fourth-order valence-electron chi connectivity index (χ4n) is 2.48. The van der Waals surface area contributed by atoms with Gasteiger partial charge in [0.1, 0.15) is 19.8 Å². The van der Waals surface area contributed by atoms with Crippen molar-refractivity contribution in [3.8, 4) is 0 Å². The van der Waals surface area contributed by atoms with Crippen molar-refractivity contribution >= 4 is 31.1 Å². The predicted octanol–water partition coefficient (Wildman–Crippen LogP) is 4.63. The molecule has 0 saturated carbocycles. The summed E-state index contributed by atoms with van der Waals surface area (Å²) in [5, 5.41) is 0.375. The van der Waals surface area contributed by atoms with Gasteiger partial charge in [-0.25, -0.2) is 4.57 Å². The van der Waals surface area contributed by atoms with Crippen LogP contribution in [0.25, 0.3) is 0 Å². The van der Waals surface area contributed by atoms with E-state index in [1.165, 1.54) is 0 Å². The topological polar surface area (TPSA) is 91.3 Å². The molecule has 0 fully saturated rings. The quantitative estimate of drug-likeness (QED) is 0.0933. The number of thiocarbonyl (C=S) groups is 1. The van der Waals surface area contributed by atoms with Crippen LogP contribution in [0.3, 0.4) is 0 Å². The van der Waals surface area contributed by atoms with Gasteiger partial charge in [0.25, 0.3) is 0 Å². The van der Waals surface area contributed by atoms with Gasteiger partial charge >= 0.3 is 13.8 Å². The molecule has 0 aromatic carbocycles. The van der Waals surface area contributed by atoms with Gasteiger partial charge in [0.2, 0.25) is 0 Å². The number of nitrogens with zero attached hydrogens (tertiary/aromatic N) is 1. The summed E-state index contributed by atoms with van der Waals surface area (Å²) in [5.74, 6) is -0.326. The fourth-order valence-corrected chi connectivity index (χ4v) is 3.50. The van der Waals surface area contributed by atoms with E-state index in [2.05, 4.69) is 13.8 Å². The second-order valence-electron chi connectivity index (χ2n) is 8.67. The molecule has 0 aromatic rings. The highest BCUT2D eigenvalue weighted by atomic mass is 32.1. The molecule has 10 heteroatoms. The smallest absolute Gasteiger partial charge is 0.472 e. The molecule has 0 rings (SSSR count). The van der Waals surface area contributed by atoms with Crippen molar-refractivity contribution in [2.24, 2.45) is 0 Å². The molecule has 0 amide bonds. The zero-order valence-electron chi connectivity index (χ0n) is 20.0. The first-order chi connectivity index (χ1) is 14.5. The van der Waals surface area contributed by atoms with Gasteiger partial charge in [-0.3, -0.25) is 13.8 Å². The number of esters is 1. The SMILES string of the molecule is CCCCCCC(=O)OC[C@H](COP(=O)(O)OCC[N+](C)(C)C)OC(=S)CCCCC. The Balaban J connectivity index is 4.62. The van der Waals surface area contributed by atoms with Crippen molar-refractivity contribution in [3.05, 3.63) is 0 Å². The minimum Gasteiger partial charge on any atom is -0.478 e. The zero-order chi connectivity index (χ0) is 23.8. The van der Waals surface area contributed by atoms with Gasteiger partial charge in [-0.1, -0.05) is 46.0 Å². The minimum atomic E-state index is -4.25. The van der Waals surface area contributed by atoms with Crippen LogP contribution in [0.1, 0.15) is 71.6 Å². The van der Waals surface area contributed by atoms with Crippen molar-refractivity contribution in [1.82, 2.24) is 0 Å². The number of phosphoric ester groups is 1. The molecule has 2 atom stereocenters. The van der Waals surface area contributed by atoms with E-state index in [0.29, 0.717) is 28.9 Å². The summed E-state index contributed by atoms with van der Waals surface area (Å²) in [6, 6.07) is 0. The van der Waals surface area contributed by atoms with Crippen molar-refractivity contribution in [2.45, 2.75) is 77.7 Å². The molecule has 184 valence electrons. The maximum Gasteiger partial charge on any atom is 0.472 e. The molecule has 31 heavy (non-hydrogen) atoms. The van der Waals surface area contributed by atoms with E-state index in [9.17, 15) is 14.3 Å². The van der Waals surface area contributed by atoms with Crippen LogP contribution < -0.4 is 0 Å². The van der Waals surface area contributed by atoms with Crippen molar-refractivity contribution in [2.75, 3.05) is 47.5 Å². The highest BCUT2D eigenvalue weighted by Crippen LogP contribution is 2.43. The maximum atomic E-state index is 12.1. The Kier molecular flexibility index (Phi) is 16.7. The lowest BCUT2D eigenvalue weighted by Crippen LogP contribution is -2.37.